The van der Waals surface area contributed by atoms with Crippen LogP contribution in [0.4, 0.5) is 5.69 Å². The zero-order valence-electron chi connectivity index (χ0n) is 11.7. The summed E-state index contributed by atoms with van der Waals surface area (Å²) in [6.07, 6.45) is 0. The van der Waals surface area contributed by atoms with Crippen LogP contribution in [-0.4, -0.2) is 17.0 Å². The van der Waals surface area contributed by atoms with Crippen LogP contribution in [0.2, 0.25) is 0 Å². The van der Waals surface area contributed by atoms with Crippen LogP contribution in [0.5, 0.6) is 0 Å². The van der Waals surface area contributed by atoms with Gasteiger partial charge in [-0.05, 0) is 36.8 Å². The van der Waals surface area contributed by atoms with Crippen LogP contribution in [0, 0.1) is 0 Å². The number of nitrogens with zero attached hydrogens (tertiary/aromatic N) is 1. The van der Waals surface area contributed by atoms with Crippen molar-refractivity contribution < 1.29 is 10.0 Å². The summed E-state index contributed by atoms with van der Waals surface area (Å²) in [5.41, 5.74) is 7.70. The Labute approximate surface area is 123 Å². The molecular weight excluding hydrogens is 266 g/mol. The Bertz CT molecular complexity index is 636. The van der Waals surface area contributed by atoms with E-state index in [4.69, 9.17) is 10.9 Å². The van der Waals surface area contributed by atoms with Gasteiger partial charge in [0.2, 0.25) is 5.91 Å². The van der Waals surface area contributed by atoms with E-state index in [1.807, 2.05) is 37.3 Å². The highest BCUT2D eigenvalue weighted by atomic mass is 16.4. The molecule has 0 saturated heterocycles. The van der Waals surface area contributed by atoms with Crippen LogP contribution in [0.3, 0.4) is 0 Å². The summed E-state index contributed by atoms with van der Waals surface area (Å²) >= 11 is 0. The molecule has 108 valence electrons. The number of rotatable bonds is 4. The third kappa shape index (κ3) is 3.60. The molecule has 0 aliphatic rings. The number of hydrogen-bond acceptors (Lipinski definition) is 3. The average molecular weight is 283 g/mol. The van der Waals surface area contributed by atoms with Crippen molar-refractivity contribution >= 4 is 17.4 Å². The molecule has 2 rings (SSSR count). The van der Waals surface area contributed by atoms with Crippen molar-refractivity contribution in [2.75, 3.05) is 5.32 Å². The maximum absolute atomic E-state index is 12.2. The highest BCUT2D eigenvalue weighted by Gasteiger charge is 2.14. The lowest BCUT2D eigenvalue weighted by Crippen LogP contribution is -2.19. The minimum Gasteiger partial charge on any atom is -0.409 e. The van der Waals surface area contributed by atoms with Gasteiger partial charge >= 0.3 is 0 Å². The molecule has 0 saturated carbocycles. The van der Waals surface area contributed by atoms with Crippen LogP contribution in [-0.2, 0) is 4.79 Å². The normalized spacial score (nSPS) is 12.7. The summed E-state index contributed by atoms with van der Waals surface area (Å²) in [5.74, 6) is -0.293. The van der Waals surface area contributed by atoms with Gasteiger partial charge in [-0.1, -0.05) is 35.5 Å². The SMILES string of the molecule is CC(C(=O)Nc1ccc(/C(N)=N/O)cc1)c1ccccc1. The predicted molar refractivity (Wildman–Crippen MR) is 82.4 cm³/mol. The van der Waals surface area contributed by atoms with Crippen molar-refractivity contribution in [3.05, 3.63) is 65.7 Å². The summed E-state index contributed by atoms with van der Waals surface area (Å²) < 4.78 is 0. The maximum Gasteiger partial charge on any atom is 0.231 e. The minimum absolute atomic E-state index is 0.0329. The third-order valence-corrected chi connectivity index (χ3v) is 3.25. The van der Waals surface area contributed by atoms with Crippen LogP contribution < -0.4 is 11.1 Å². The lowest BCUT2D eigenvalue weighted by Gasteiger charge is -2.12. The fourth-order valence-electron chi connectivity index (χ4n) is 1.93. The molecule has 5 nitrogen and oxygen atoms in total. The molecule has 2 aromatic carbocycles. The molecule has 0 aliphatic carbocycles. The predicted octanol–water partition coefficient (Wildman–Crippen LogP) is 2.52. The molecular formula is C16H17N3O2. The standard InChI is InChI=1S/C16H17N3O2/c1-11(12-5-3-2-4-6-12)16(20)18-14-9-7-13(8-10-14)15(17)19-21/h2-11,21H,1H3,(H2,17,19)(H,18,20). The molecule has 21 heavy (non-hydrogen) atoms. The quantitative estimate of drug-likeness (QED) is 0.349. The summed E-state index contributed by atoms with van der Waals surface area (Å²) in [6, 6.07) is 16.4. The van der Waals surface area contributed by atoms with Gasteiger partial charge in [0.15, 0.2) is 5.84 Å². The number of carbonyl (C=O) groups excluding carboxylic acids is 1. The van der Waals surface area contributed by atoms with Gasteiger partial charge < -0.3 is 16.3 Å². The number of oxime groups is 1. The van der Waals surface area contributed by atoms with Gasteiger partial charge in [0.05, 0.1) is 5.92 Å². The van der Waals surface area contributed by atoms with E-state index in [-0.39, 0.29) is 17.7 Å². The summed E-state index contributed by atoms with van der Waals surface area (Å²) in [4.78, 5) is 12.2. The number of anilines is 1. The fourth-order valence-corrected chi connectivity index (χ4v) is 1.93. The number of hydrogen-bond donors (Lipinski definition) is 3. The van der Waals surface area contributed by atoms with Gasteiger partial charge in [-0.2, -0.15) is 0 Å². The summed E-state index contributed by atoms with van der Waals surface area (Å²) in [6.45, 7) is 1.86. The van der Waals surface area contributed by atoms with Gasteiger partial charge in [-0.25, -0.2) is 0 Å². The first-order valence-electron chi connectivity index (χ1n) is 6.55. The van der Waals surface area contributed by atoms with E-state index in [1.54, 1.807) is 24.3 Å². The molecule has 0 spiro atoms. The first-order valence-corrected chi connectivity index (χ1v) is 6.55. The average Bonchev–Trinajstić information content (AvgIpc) is 2.55. The van der Waals surface area contributed by atoms with E-state index in [2.05, 4.69) is 10.5 Å². The topological polar surface area (TPSA) is 87.7 Å². The number of nitrogens with two attached hydrogens (primary N) is 1. The minimum atomic E-state index is -0.241. The number of nitrogens with one attached hydrogen (secondary N) is 1. The Morgan fingerprint density at radius 1 is 1.14 bits per heavy atom. The lowest BCUT2D eigenvalue weighted by atomic mass is 10.0. The largest absolute Gasteiger partial charge is 0.409 e. The Morgan fingerprint density at radius 2 is 1.76 bits per heavy atom. The molecule has 0 heterocycles. The second-order valence-corrected chi connectivity index (χ2v) is 4.68. The zero-order chi connectivity index (χ0) is 15.2. The Balaban J connectivity index is 2.06. The van der Waals surface area contributed by atoms with Crippen molar-refractivity contribution in [2.45, 2.75) is 12.8 Å². The number of amidine groups is 1. The molecule has 1 atom stereocenters. The molecule has 0 fully saturated rings. The van der Waals surface area contributed by atoms with Crippen molar-refractivity contribution in [3.63, 3.8) is 0 Å². The first kappa shape index (κ1) is 14.6. The van der Waals surface area contributed by atoms with E-state index >= 15 is 0 Å². The molecule has 4 N–H and O–H groups in total. The number of amides is 1. The molecule has 0 aromatic heterocycles. The Morgan fingerprint density at radius 3 is 2.33 bits per heavy atom. The second-order valence-electron chi connectivity index (χ2n) is 4.68. The van der Waals surface area contributed by atoms with Crippen LogP contribution in [0.1, 0.15) is 24.0 Å². The van der Waals surface area contributed by atoms with Crippen LogP contribution in [0.25, 0.3) is 0 Å². The van der Waals surface area contributed by atoms with E-state index in [0.29, 0.717) is 11.3 Å². The van der Waals surface area contributed by atoms with E-state index in [1.165, 1.54) is 0 Å². The molecule has 5 heteroatoms. The highest BCUT2D eigenvalue weighted by Crippen LogP contribution is 2.18. The van der Waals surface area contributed by atoms with Gasteiger partial charge in [-0.3, -0.25) is 4.79 Å². The monoisotopic (exact) mass is 283 g/mol. The smallest absolute Gasteiger partial charge is 0.231 e. The summed E-state index contributed by atoms with van der Waals surface area (Å²) in [5, 5.41) is 14.4. The van der Waals surface area contributed by atoms with Gasteiger partial charge in [-0.15, -0.1) is 0 Å². The number of carbonyl (C=O) groups is 1. The molecule has 1 unspecified atom stereocenters. The van der Waals surface area contributed by atoms with Crippen molar-refractivity contribution in [3.8, 4) is 0 Å². The van der Waals surface area contributed by atoms with Crippen LogP contribution >= 0.6 is 0 Å². The molecule has 0 bridgehead atoms. The Kier molecular flexibility index (Phi) is 4.56. The van der Waals surface area contributed by atoms with Crippen molar-refractivity contribution in [1.82, 2.24) is 0 Å². The molecule has 1 amide bonds. The molecule has 0 aliphatic heterocycles. The van der Waals surface area contributed by atoms with Crippen molar-refractivity contribution in [2.24, 2.45) is 10.9 Å². The first-order chi connectivity index (χ1) is 10.1. The zero-order valence-corrected chi connectivity index (χ0v) is 11.7. The van der Waals surface area contributed by atoms with E-state index in [0.717, 1.165) is 5.56 Å². The molecule has 0 radical (unpaired) electrons. The van der Waals surface area contributed by atoms with Gasteiger partial charge in [0.25, 0.3) is 0 Å². The molecule has 2 aromatic rings. The fraction of sp³-hybridized carbons (Fsp3) is 0.125. The highest BCUT2D eigenvalue weighted by molar-refractivity contribution is 5.98. The van der Waals surface area contributed by atoms with E-state index < -0.39 is 0 Å². The van der Waals surface area contributed by atoms with Crippen LogP contribution in [0.15, 0.2) is 59.8 Å². The second kappa shape index (κ2) is 6.56. The van der Waals surface area contributed by atoms with E-state index in [9.17, 15) is 4.79 Å². The van der Waals surface area contributed by atoms with Gasteiger partial charge in [0, 0.05) is 11.3 Å². The Hall–Kier alpha value is -2.82. The summed E-state index contributed by atoms with van der Waals surface area (Å²) in [7, 11) is 0. The van der Waals surface area contributed by atoms with Gasteiger partial charge in [0.1, 0.15) is 0 Å². The maximum atomic E-state index is 12.2. The van der Waals surface area contributed by atoms with Crippen molar-refractivity contribution in [1.29, 1.82) is 0 Å². The third-order valence-electron chi connectivity index (χ3n) is 3.25. The lowest BCUT2D eigenvalue weighted by molar-refractivity contribution is -0.117. The number of benzene rings is 2.